The number of aliphatic hydroxyl groups excluding tert-OH is 2. The molecule has 0 spiro atoms. The van der Waals surface area contributed by atoms with Crippen molar-refractivity contribution in [3.8, 4) is 0 Å². The molecule has 9 nitrogen and oxygen atoms in total. The van der Waals surface area contributed by atoms with E-state index in [1.807, 2.05) is 27.7 Å². The van der Waals surface area contributed by atoms with E-state index in [4.69, 9.17) is 10.5 Å². The summed E-state index contributed by atoms with van der Waals surface area (Å²) in [5.41, 5.74) is 3.42. The van der Waals surface area contributed by atoms with Gasteiger partial charge >= 0.3 is 6.09 Å². The molecule has 36 heavy (non-hydrogen) atoms. The molecule has 2 bridgehead atoms. The maximum atomic E-state index is 13.5. The molecule has 1 aromatic rings. The highest BCUT2D eigenvalue weighted by molar-refractivity contribution is 6.02. The molecule has 9 heteroatoms. The van der Waals surface area contributed by atoms with Gasteiger partial charge in [0.2, 0.25) is 0 Å². The first kappa shape index (κ1) is 26.3. The first-order valence-corrected chi connectivity index (χ1v) is 12.6. The minimum absolute atomic E-state index is 0.0174. The number of imide groups is 1. The first-order valence-electron chi connectivity index (χ1n) is 12.6. The molecule has 0 aromatic carbocycles. The summed E-state index contributed by atoms with van der Waals surface area (Å²) < 4.78 is 5.96. The number of carbonyl (C=O) groups excluding carboxylic acids is 3. The molecule has 1 heterocycles. The van der Waals surface area contributed by atoms with Crippen LogP contribution in [0.3, 0.4) is 0 Å². The first-order chi connectivity index (χ1) is 16.8. The quantitative estimate of drug-likeness (QED) is 0.463. The topological polar surface area (TPSA) is 152 Å². The van der Waals surface area contributed by atoms with Crippen molar-refractivity contribution in [3.63, 3.8) is 0 Å². The van der Waals surface area contributed by atoms with E-state index in [1.165, 1.54) is 18.3 Å². The van der Waals surface area contributed by atoms with Gasteiger partial charge in [-0.3, -0.25) is 14.9 Å². The lowest BCUT2D eigenvalue weighted by Crippen LogP contribution is -2.63. The van der Waals surface area contributed by atoms with Gasteiger partial charge in [0.25, 0.3) is 5.91 Å². The molecule has 5 N–H and O–H groups in total. The fourth-order valence-corrected chi connectivity index (χ4v) is 7.35. The summed E-state index contributed by atoms with van der Waals surface area (Å²) in [6, 6.07) is 2.90. The number of carbonyl (C=O) groups is 3. The molecule has 0 saturated heterocycles. The number of ether oxygens (including phenoxy) is 1. The number of amides is 2. The fourth-order valence-electron chi connectivity index (χ4n) is 7.35. The van der Waals surface area contributed by atoms with E-state index in [0.29, 0.717) is 6.42 Å². The van der Waals surface area contributed by atoms with Crippen LogP contribution in [0.25, 0.3) is 0 Å². The number of hydrogen-bond acceptors (Lipinski definition) is 8. The fraction of sp³-hybridized carbons (Fsp3) is 0.630. The number of nitrogens with two attached hydrogens (primary N) is 1. The molecular weight excluding hydrogens is 462 g/mol. The van der Waals surface area contributed by atoms with E-state index in [9.17, 15) is 24.6 Å². The molecule has 2 unspecified atom stereocenters. The Morgan fingerprint density at radius 2 is 1.94 bits per heavy atom. The summed E-state index contributed by atoms with van der Waals surface area (Å²) in [7, 11) is 0. The zero-order valence-corrected chi connectivity index (χ0v) is 21.4. The van der Waals surface area contributed by atoms with E-state index in [0.717, 1.165) is 6.42 Å². The molecule has 4 rings (SSSR count). The van der Waals surface area contributed by atoms with Crippen LogP contribution >= 0.6 is 0 Å². The lowest BCUT2D eigenvalue weighted by molar-refractivity contribution is -0.191. The molecule has 3 aliphatic rings. The number of alkyl carbamates (subject to hydrolysis) is 1. The van der Waals surface area contributed by atoms with Gasteiger partial charge in [-0.25, -0.2) is 9.78 Å². The van der Waals surface area contributed by atoms with Crippen LogP contribution < -0.4 is 11.1 Å². The van der Waals surface area contributed by atoms with E-state index >= 15 is 0 Å². The van der Waals surface area contributed by atoms with E-state index in [1.54, 1.807) is 6.08 Å². The normalized spacial score (nSPS) is 42.0. The van der Waals surface area contributed by atoms with Crippen molar-refractivity contribution in [2.45, 2.75) is 71.7 Å². The van der Waals surface area contributed by atoms with Gasteiger partial charge in [-0.05, 0) is 55.1 Å². The highest BCUT2D eigenvalue weighted by Gasteiger charge is 2.70. The van der Waals surface area contributed by atoms with Crippen LogP contribution in [0.15, 0.2) is 31.0 Å². The Balaban J connectivity index is 1.73. The van der Waals surface area contributed by atoms with Crippen LogP contribution in [0, 0.1) is 34.0 Å². The molecule has 0 aliphatic heterocycles. The summed E-state index contributed by atoms with van der Waals surface area (Å²) in [5, 5.41) is 24.5. The van der Waals surface area contributed by atoms with Gasteiger partial charge in [0.1, 0.15) is 18.0 Å². The van der Waals surface area contributed by atoms with Gasteiger partial charge in [0.15, 0.2) is 5.78 Å². The second-order valence-electron chi connectivity index (χ2n) is 11.6. The van der Waals surface area contributed by atoms with Crippen LogP contribution in [0.5, 0.6) is 0 Å². The number of aromatic nitrogens is 1. The molecule has 1 aromatic heterocycles. The van der Waals surface area contributed by atoms with Crippen LogP contribution in [-0.2, 0) is 9.53 Å². The number of aliphatic hydroxyl groups is 2. The summed E-state index contributed by atoms with van der Waals surface area (Å²) in [6.07, 6.45) is 1.09. The minimum atomic E-state index is -1.13. The van der Waals surface area contributed by atoms with Crippen LogP contribution in [0.4, 0.5) is 10.6 Å². The largest absolute Gasteiger partial charge is 0.445 e. The Labute approximate surface area is 211 Å². The van der Waals surface area contributed by atoms with Crippen molar-refractivity contribution in [1.29, 1.82) is 0 Å². The van der Waals surface area contributed by atoms with Crippen LogP contribution in [0.2, 0.25) is 0 Å². The average Bonchev–Trinajstić information content (AvgIpc) is 3.11. The Morgan fingerprint density at radius 1 is 1.25 bits per heavy atom. The lowest BCUT2D eigenvalue weighted by atomic mass is 9.44. The maximum absolute atomic E-state index is 13.5. The van der Waals surface area contributed by atoms with E-state index in [2.05, 4.69) is 16.9 Å². The Hall–Kier alpha value is -2.78. The molecule has 0 radical (unpaired) electrons. The number of nitrogens with zero attached hydrogens (tertiary/aromatic N) is 1. The third kappa shape index (κ3) is 3.84. The monoisotopic (exact) mass is 499 g/mol. The third-order valence-electron chi connectivity index (χ3n) is 9.84. The van der Waals surface area contributed by atoms with Gasteiger partial charge in [0, 0.05) is 22.9 Å². The zero-order chi connectivity index (χ0) is 26.6. The molecule has 3 aliphatic carbocycles. The van der Waals surface area contributed by atoms with Crippen molar-refractivity contribution in [2.24, 2.45) is 34.0 Å². The van der Waals surface area contributed by atoms with Crippen molar-refractivity contribution in [3.05, 3.63) is 36.5 Å². The summed E-state index contributed by atoms with van der Waals surface area (Å²) in [5.74, 6) is -1.61. The van der Waals surface area contributed by atoms with Crippen LogP contribution in [-0.4, -0.2) is 51.3 Å². The summed E-state index contributed by atoms with van der Waals surface area (Å²) in [4.78, 5) is 43.0. The van der Waals surface area contributed by atoms with E-state index in [-0.39, 0.29) is 41.8 Å². The zero-order valence-electron chi connectivity index (χ0n) is 21.4. The number of ketones is 1. The standard InChI is InChI=1S/C27H37N3O6/c1-6-25(4)12-18(36-24(35)30-23(34)16-7-8-19(28)29-13-16)26(5)14(2)9-10-27(15(3)22(25)33)11-17(31)20(32)21(26)27/h6-8,13-15,17-18,21-22,31,33H,1,9-12H2,2-5H3,(H2,28,29)(H,30,34,35)/t14?,15-,17-,18+,21?,22-,25+,26-,27-/m0/s1. The molecule has 2 amide bonds. The third-order valence-corrected chi connectivity index (χ3v) is 9.84. The number of nitrogen functional groups attached to an aromatic ring is 1. The Bertz CT molecular complexity index is 1080. The lowest BCUT2D eigenvalue weighted by Gasteiger charge is -2.61. The van der Waals surface area contributed by atoms with Crippen molar-refractivity contribution in [1.82, 2.24) is 10.3 Å². The molecule has 196 valence electrons. The van der Waals surface area contributed by atoms with Crippen molar-refractivity contribution < 1.29 is 29.3 Å². The number of hydrogen-bond donors (Lipinski definition) is 4. The number of rotatable bonds is 3. The summed E-state index contributed by atoms with van der Waals surface area (Å²) >= 11 is 0. The van der Waals surface area contributed by atoms with Gasteiger partial charge in [0.05, 0.1) is 11.7 Å². The van der Waals surface area contributed by atoms with Gasteiger partial charge in [-0.2, -0.15) is 0 Å². The number of nitrogens with one attached hydrogen (secondary N) is 1. The van der Waals surface area contributed by atoms with Crippen molar-refractivity contribution >= 4 is 23.6 Å². The highest BCUT2D eigenvalue weighted by Crippen LogP contribution is 2.67. The number of pyridine rings is 1. The molecule has 3 fully saturated rings. The summed E-state index contributed by atoms with van der Waals surface area (Å²) in [6.45, 7) is 11.8. The van der Waals surface area contributed by atoms with Crippen molar-refractivity contribution in [2.75, 3.05) is 5.73 Å². The maximum Gasteiger partial charge on any atom is 0.414 e. The number of anilines is 1. The highest BCUT2D eigenvalue weighted by atomic mass is 16.6. The van der Waals surface area contributed by atoms with Crippen LogP contribution in [0.1, 0.15) is 63.7 Å². The minimum Gasteiger partial charge on any atom is -0.445 e. The SMILES string of the molecule is C=C[C@]1(C)C[C@@H](OC(=O)NC(=O)c2ccc(N)nc2)[C@]2(C)C(C)CC[C@]3(C[C@H](O)C(=O)C32)[C@@H](C)[C@@H]1O. The second kappa shape index (κ2) is 8.95. The molecular formula is C27H37N3O6. The van der Waals surface area contributed by atoms with Gasteiger partial charge in [-0.1, -0.05) is 33.8 Å². The molecule has 3 saturated carbocycles. The average molecular weight is 500 g/mol. The second-order valence-corrected chi connectivity index (χ2v) is 11.6. The molecule has 9 atom stereocenters. The predicted molar refractivity (Wildman–Crippen MR) is 133 cm³/mol. The smallest absolute Gasteiger partial charge is 0.414 e. The van der Waals surface area contributed by atoms with E-state index < -0.39 is 52.5 Å². The predicted octanol–water partition coefficient (Wildman–Crippen LogP) is 2.86. The number of Topliss-reactive ketones (excluding diaryl/α,β-unsaturated/α-hetero) is 1. The Morgan fingerprint density at radius 3 is 2.56 bits per heavy atom. The van der Waals surface area contributed by atoms with Gasteiger partial charge in [-0.15, -0.1) is 6.58 Å². The van der Waals surface area contributed by atoms with Gasteiger partial charge < -0.3 is 20.7 Å². The Kier molecular flexibility index (Phi) is 6.54.